The van der Waals surface area contributed by atoms with Crippen molar-refractivity contribution >= 4 is 5.69 Å². The van der Waals surface area contributed by atoms with Gasteiger partial charge in [0.2, 0.25) is 0 Å². The summed E-state index contributed by atoms with van der Waals surface area (Å²) in [5.41, 5.74) is 2.73. The van der Waals surface area contributed by atoms with Crippen LogP contribution in [-0.4, -0.2) is 62.2 Å². The molecule has 0 saturated carbocycles. The molecular weight excluding hydrogens is 270 g/mol. The van der Waals surface area contributed by atoms with Gasteiger partial charge < -0.3 is 9.80 Å². The number of hydrogen-bond acceptors (Lipinski definition) is 3. The molecule has 0 bridgehead atoms. The minimum absolute atomic E-state index is 0.825. The highest BCUT2D eigenvalue weighted by molar-refractivity contribution is 5.47. The van der Waals surface area contributed by atoms with E-state index < -0.39 is 0 Å². The first kappa shape index (κ1) is 17.3. The molecular formula is C19H33N3. The van der Waals surface area contributed by atoms with Crippen molar-refractivity contribution in [3.8, 4) is 0 Å². The molecule has 3 rings (SSSR count). The number of likely N-dealkylation sites (tertiary alicyclic amines) is 1. The van der Waals surface area contributed by atoms with Crippen LogP contribution in [0.3, 0.4) is 0 Å². The molecule has 3 nitrogen and oxygen atoms in total. The van der Waals surface area contributed by atoms with Crippen LogP contribution in [0.5, 0.6) is 0 Å². The van der Waals surface area contributed by atoms with Gasteiger partial charge in [-0.1, -0.05) is 31.5 Å². The van der Waals surface area contributed by atoms with Crippen LogP contribution < -0.4 is 4.90 Å². The van der Waals surface area contributed by atoms with Crippen LogP contribution in [0.15, 0.2) is 24.3 Å². The van der Waals surface area contributed by atoms with E-state index in [0.717, 1.165) is 6.04 Å². The van der Waals surface area contributed by atoms with Crippen molar-refractivity contribution in [3.05, 3.63) is 29.8 Å². The topological polar surface area (TPSA) is 9.72 Å². The molecule has 1 aromatic carbocycles. The van der Waals surface area contributed by atoms with Gasteiger partial charge in [0.05, 0.1) is 0 Å². The number of rotatable bonds is 2. The van der Waals surface area contributed by atoms with E-state index in [1.165, 1.54) is 63.4 Å². The summed E-state index contributed by atoms with van der Waals surface area (Å²) in [6.07, 6.45) is 2.70. The highest BCUT2D eigenvalue weighted by atomic mass is 15.3. The number of anilines is 1. The molecule has 2 aliphatic heterocycles. The number of hydrogen-bond donors (Lipinski definition) is 0. The molecule has 22 heavy (non-hydrogen) atoms. The summed E-state index contributed by atoms with van der Waals surface area (Å²) in [5.74, 6) is 0. The van der Waals surface area contributed by atoms with Gasteiger partial charge in [0.15, 0.2) is 0 Å². The fourth-order valence-corrected chi connectivity index (χ4v) is 3.46. The van der Waals surface area contributed by atoms with Crippen LogP contribution in [0.4, 0.5) is 5.69 Å². The maximum absolute atomic E-state index is 2.72. The SMILES string of the molecule is CC.Cc1ccc(N2CCN(C3CCN(C)CC3)CC2)cc1. The number of nitrogens with zero attached hydrogens (tertiary/aromatic N) is 3. The Kier molecular flexibility index (Phi) is 6.71. The molecule has 1 aromatic rings. The largest absolute Gasteiger partial charge is 0.369 e. The fourth-order valence-electron chi connectivity index (χ4n) is 3.46. The van der Waals surface area contributed by atoms with Crippen molar-refractivity contribution < 1.29 is 0 Å². The summed E-state index contributed by atoms with van der Waals surface area (Å²) in [4.78, 5) is 7.71. The first-order chi connectivity index (χ1) is 10.7. The van der Waals surface area contributed by atoms with Crippen molar-refractivity contribution in [1.82, 2.24) is 9.80 Å². The quantitative estimate of drug-likeness (QED) is 0.830. The summed E-state index contributed by atoms with van der Waals surface area (Å²) in [6, 6.07) is 9.80. The van der Waals surface area contributed by atoms with Gasteiger partial charge in [0, 0.05) is 37.9 Å². The van der Waals surface area contributed by atoms with E-state index in [0.29, 0.717) is 0 Å². The highest BCUT2D eigenvalue weighted by Gasteiger charge is 2.26. The first-order valence-corrected chi connectivity index (χ1v) is 8.96. The third-order valence-electron chi connectivity index (χ3n) is 4.92. The summed E-state index contributed by atoms with van der Waals surface area (Å²) in [7, 11) is 2.24. The lowest BCUT2D eigenvalue weighted by atomic mass is 10.0. The van der Waals surface area contributed by atoms with Crippen LogP contribution >= 0.6 is 0 Å². The van der Waals surface area contributed by atoms with Gasteiger partial charge in [0.25, 0.3) is 0 Å². The van der Waals surface area contributed by atoms with Gasteiger partial charge >= 0.3 is 0 Å². The zero-order chi connectivity index (χ0) is 15.9. The van der Waals surface area contributed by atoms with E-state index in [1.807, 2.05) is 13.8 Å². The van der Waals surface area contributed by atoms with E-state index in [2.05, 4.69) is 52.9 Å². The van der Waals surface area contributed by atoms with Gasteiger partial charge in [-0.05, 0) is 52.0 Å². The Morgan fingerprint density at radius 2 is 1.36 bits per heavy atom. The number of piperidine rings is 1. The van der Waals surface area contributed by atoms with Crippen molar-refractivity contribution in [2.24, 2.45) is 0 Å². The molecule has 0 atom stereocenters. The van der Waals surface area contributed by atoms with Gasteiger partial charge in [-0.2, -0.15) is 0 Å². The van der Waals surface area contributed by atoms with Gasteiger partial charge in [-0.3, -0.25) is 4.90 Å². The fraction of sp³-hybridized carbons (Fsp3) is 0.684. The lowest BCUT2D eigenvalue weighted by Gasteiger charge is -2.42. The van der Waals surface area contributed by atoms with E-state index in [-0.39, 0.29) is 0 Å². The molecule has 0 spiro atoms. The summed E-state index contributed by atoms with van der Waals surface area (Å²) < 4.78 is 0. The van der Waals surface area contributed by atoms with Crippen molar-refractivity contribution in [3.63, 3.8) is 0 Å². The molecule has 0 unspecified atom stereocenters. The van der Waals surface area contributed by atoms with E-state index in [4.69, 9.17) is 0 Å². The second-order valence-electron chi connectivity index (χ2n) is 6.39. The van der Waals surface area contributed by atoms with E-state index in [9.17, 15) is 0 Å². The average molecular weight is 303 g/mol. The molecule has 2 saturated heterocycles. The molecule has 0 N–H and O–H groups in total. The number of piperazine rings is 1. The lowest BCUT2D eigenvalue weighted by molar-refractivity contribution is 0.115. The van der Waals surface area contributed by atoms with Crippen LogP contribution in [0.2, 0.25) is 0 Å². The van der Waals surface area contributed by atoms with Crippen molar-refractivity contribution in [2.45, 2.75) is 39.7 Å². The van der Waals surface area contributed by atoms with Crippen LogP contribution in [0.1, 0.15) is 32.3 Å². The minimum Gasteiger partial charge on any atom is -0.369 e. The molecule has 2 heterocycles. The third kappa shape index (κ3) is 4.47. The van der Waals surface area contributed by atoms with Gasteiger partial charge in [0.1, 0.15) is 0 Å². The van der Waals surface area contributed by atoms with Gasteiger partial charge in [-0.15, -0.1) is 0 Å². The van der Waals surface area contributed by atoms with Crippen LogP contribution in [0, 0.1) is 6.92 Å². The van der Waals surface area contributed by atoms with E-state index >= 15 is 0 Å². The van der Waals surface area contributed by atoms with Crippen LogP contribution in [-0.2, 0) is 0 Å². The molecule has 0 aliphatic carbocycles. The molecule has 124 valence electrons. The maximum Gasteiger partial charge on any atom is 0.0367 e. The summed E-state index contributed by atoms with van der Waals surface area (Å²) in [6.45, 7) is 13.5. The Bertz CT molecular complexity index is 413. The van der Waals surface area contributed by atoms with E-state index in [1.54, 1.807) is 0 Å². The second-order valence-corrected chi connectivity index (χ2v) is 6.39. The molecule has 2 fully saturated rings. The molecule has 2 aliphatic rings. The zero-order valence-electron chi connectivity index (χ0n) is 14.9. The first-order valence-electron chi connectivity index (χ1n) is 8.96. The zero-order valence-corrected chi connectivity index (χ0v) is 14.9. The number of benzene rings is 1. The standard InChI is InChI=1S/C17H27N3.C2H6/c1-15-3-5-16(6-4-15)19-11-13-20(14-12-19)17-7-9-18(2)10-8-17;1-2/h3-6,17H,7-14H2,1-2H3;1-2H3. The summed E-state index contributed by atoms with van der Waals surface area (Å²) in [5, 5.41) is 0. The molecule has 0 amide bonds. The third-order valence-corrected chi connectivity index (χ3v) is 4.92. The predicted molar refractivity (Wildman–Crippen MR) is 96.8 cm³/mol. The van der Waals surface area contributed by atoms with Crippen molar-refractivity contribution in [2.75, 3.05) is 51.2 Å². The molecule has 0 aromatic heterocycles. The Morgan fingerprint density at radius 3 is 1.91 bits per heavy atom. The van der Waals surface area contributed by atoms with Crippen LogP contribution in [0.25, 0.3) is 0 Å². The Hall–Kier alpha value is -1.06. The minimum atomic E-state index is 0.825. The predicted octanol–water partition coefficient (Wildman–Crippen LogP) is 3.24. The Labute approximate surface area is 136 Å². The lowest BCUT2D eigenvalue weighted by Crippen LogP contribution is -2.53. The Morgan fingerprint density at radius 1 is 0.818 bits per heavy atom. The monoisotopic (exact) mass is 303 g/mol. The average Bonchev–Trinajstić information content (AvgIpc) is 2.58. The summed E-state index contributed by atoms with van der Waals surface area (Å²) >= 11 is 0. The van der Waals surface area contributed by atoms with Crippen molar-refractivity contribution in [1.29, 1.82) is 0 Å². The highest BCUT2D eigenvalue weighted by Crippen LogP contribution is 2.21. The second kappa shape index (κ2) is 8.54. The maximum atomic E-state index is 2.72. The van der Waals surface area contributed by atoms with Gasteiger partial charge in [-0.25, -0.2) is 0 Å². The molecule has 0 radical (unpaired) electrons. The number of aryl methyl sites for hydroxylation is 1. The molecule has 3 heteroatoms. The Balaban J connectivity index is 0.000000847. The smallest absolute Gasteiger partial charge is 0.0367 e. The normalized spacial score (nSPS) is 21.4.